The van der Waals surface area contributed by atoms with Crippen LogP contribution in [-0.4, -0.2) is 35.5 Å². The number of carboxylic acid groups (broad SMARTS) is 1. The predicted molar refractivity (Wildman–Crippen MR) is 76.1 cm³/mol. The van der Waals surface area contributed by atoms with Crippen molar-refractivity contribution in [3.05, 3.63) is 35.4 Å². The molecule has 0 spiro atoms. The lowest BCUT2D eigenvalue weighted by Gasteiger charge is -2.09. The van der Waals surface area contributed by atoms with Gasteiger partial charge in [-0.3, -0.25) is 14.4 Å². The van der Waals surface area contributed by atoms with E-state index in [1.807, 2.05) is 0 Å². The van der Waals surface area contributed by atoms with Gasteiger partial charge in [0.2, 0.25) is 0 Å². The normalized spacial score (nSPS) is 15.1. The summed E-state index contributed by atoms with van der Waals surface area (Å²) in [7, 11) is 0. The van der Waals surface area contributed by atoms with Gasteiger partial charge < -0.3 is 15.7 Å². The van der Waals surface area contributed by atoms with Gasteiger partial charge in [0.15, 0.2) is 0 Å². The number of hydrogen-bond donors (Lipinski definition) is 3. The van der Waals surface area contributed by atoms with E-state index in [0.29, 0.717) is 11.1 Å². The Bertz CT molecular complexity index is 549. The van der Waals surface area contributed by atoms with Gasteiger partial charge in [-0.15, -0.1) is 0 Å². The maximum Gasteiger partial charge on any atom is 0.308 e. The van der Waals surface area contributed by atoms with Gasteiger partial charge in [0.05, 0.1) is 5.92 Å². The van der Waals surface area contributed by atoms with Crippen molar-refractivity contribution in [2.75, 3.05) is 6.54 Å². The number of amides is 2. The van der Waals surface area contributed by atoms with Gasteiger partial charge in [0, 0.05) is 23.7 Å². The quantitative estimate of drug-likeness (QED) is 0.729. The van der Waals surface area contributed by atoms with Crippen molar-refractivity contribution in [1.29, 1.82) is 0 Å². The van der Waals surface area contributed by atoms with Crippen LogP contribution in [0, 0.1) is 5.92 Å². The summed E-state index contributed by atoms with van der Waals surface area (Å²) in [6.07, 6.45) is 2.04. The topological polar surface area (TPSA) is 95.5 Å². The van der Waals surface area contributed by atoms with Gasteiger partial charge in [-0.2, -0.15) is 0 Å². The molecule has 0 radical (unpaired) electrons. The van der Waals surface area contributed by atoms with E-state index in [1.54, 1.807) is 24.3 Å². The van der Waals surface area contributed by atoms with Crippen molar-refractivity contribution in [2.45, 2.75) is 25.8 Å². The Morgan fingerprint density at radius 3 is 2.14 bits per heavy atom. The fourth-order valence-electron chi connectivity index (χ4n) is 1.70. The average molecular weight is 290 g/mol. The minimum absolute atomic E-state index is 0.0675. The van der Waals surface area contributed by atoms with Crippen molar-refractivity contribution in [1.82, 2.24) is 10.6 Å². The van der Waals surface area contributed by atoms with Crippen LogP contribution < -0.4 is 10.6 Å². The van der Waals surface area contributed by atoms with E-state index in [0.717, 1.165) is 12.8 Å². The Morgan fingerprint density at radius 1 is 1.14 bits per heavy atom. The molecular weight excluding hydrogens is 272 g/mol. The van der Waals surface area contributed by atoms with E-state index < -0.39 is 11.9 Å². The molecule has 1 aliphatic rings. The van der Waals surface area contributed by atoms with Crippen LogP contribution in [0.2, 0.25) is 0 Å². The maximum atomic E-state index is 11.8. The number of benzene rings is 1. The smallest absolute Gasteiger partial charge is 0.308 e. The second kappa shape index (κ2) is 6.39. The highest BCUT2D eigenvalue weighted by Gasteiger charge is 2.23. The number of aliphatic carboxylic acids is 1. The van der Waals surface area contributed by atoms with Crippen LogP contribution in [0.25, 0.3) is 0 Å². The zero-order valence-electron chi connectivity index (χ0n) is 11.8. The summed E-state index contributed by atoms with van der Waals surface area (Å²) in [4.78, 5) is 34.3. The largest absolute Gasteiger partial charge is 0.481 e. The van der Waals surface area contributed by atoms with Crippen LogP contribution in [0.3, 0.4) is 0 Å². The van der Waals surface area contributed by atoms with Crippen LogP contribution >= 0.6 is 0 Å². The van der Waals surface area contributed by atoms with E-state index in [4.69, 9.17) is 5.11 Å². The lowest BCUT2D eigenvalue weighted by molar-refractivity contribution is -0.140. The highest BCUT2D eigenvalue weighted by Crippen LogP contribution is 2.19. The predicted octanol–water partition coefficient (Wildman–Crippen LogP) is 1.03. The first kappa shape index (κ1) is 15.0. The van der Waals surface area contributed by atoms with Crippen LogP contribution in [0.15, 0.2) is 24.3 Å². The van der Waals surface area contributed by atoms with Crippen molar-refractivity contribution >= 4 is 17.8 Å². The fraction of sp³-hybridized carbons (Fsp3) is 0.400. The highest BCUT2D eigenvalue weighted by atomic mass is 16.4. The number of nitrogens with one attached hydrogen (secondary N) is 2. The summed E-state index contributed by atoms with van der Waals surface area (Å²) >= 11 is 0. The summed E-state index contributed by atoms with van der Waals surface area (Å²) in [5.41, 5.74) is 0.910. The van der Waals surface area contributed by atoms with E-state index in [2.05, 4.69) is 10.6 Å². The molecule has 1 aromatic rings. The third-order valence-electron chi connectivity index (χ3n) is 3.31. The number of carboxylic acids is 1. The van der Waals surface area contributed by atoms with Gasteiger partial charge in [-0.1, -0.05) is 6.92 Å². The molecule has 1 atom stereocenters. The Labute approximate surface area is 122 Å². The van der Waals surface area contributed by atoms with Gasteiger partial charge in [-0.25, -0.2) is 0 Å². The van der Waals surface area contributed by atoms with Gasteiger partial charge >= 0.3 is 5.97 Å². The molecule has 1 fully saturated rings. The Balaban J connectivity index is 1.89. The number of hydrogen-bond acceptors (Lipinski definition) is 3. The van der Waals surface area contributed by atoms with Gasteiger partial charge in [-0.05, 0) is 37.1 Å². The maximum absolute atomic E-state index is 11.8. The molecule has 3 N–H and O–H groups in total. The number of carbonyl (C=O) groups is 3. The molecule has 0 saturated heterocycles. The first-order valence-corrected chi connectivity index (χ1v) is 6.89. The molecule has 0 heterocycles. The SMILES string of the molecule is CC(CNC(=O)c1ccc(C(=O)NC2CC2)cc1)C(=O)O. The van der Waals surface area contributed by atoms with Crippen LogP contribution in [0.5, 0.6) is 0 Å². The monoisotopic (exact) mass is 290 g/mol. The minimum Gasteiger partial charge on any atom is -0.481 e. The summed E-state index contributed by atoms with van der Waals surface area (Å²) < 4.78 is 0. The molecule has 0 bridgehead atoms. The summed E-state index contributed by atoms with van der Waals surface area (Å²) in [5, 5.41) is 14.2. The molecule has 6 heteroatoms. The Hall–Kier alpha value is -2.37. The molecular formula is C15H18N2O4. The fourth-order valence-corrected chi connectivity index (χ4v) is 1.70. The Morgan fingerprint density at radius 2 is 1.67 bits per heavy atom. The van der Waals surface area contributed by atoms with Crippen molar-refractivity contribution in [3.8, 4) is 0 Å². The third kappa shape index (κ3) is 4.30. The van der Waals surface area contributed by atoms with Gasteiger partial charge in [0.1, 0.15) is 0 Å². The summed E-state index contributed by atoms with van der Waals surface area (Å²) in [6.45, 7) is 1.59. The second-order valence-corrected chi connectivity index (χ2v) is 5.27. The van der Waals surface area contributed by atoms with Crippen LogP contribution in [-0.2, 0) is 4.79 Å². The van der Waals surface area contributed by atoms with E-state index in [9.17, 15) is 14.4 Å². The van der Waals surface area contributed by atoms with Crippen LogP contribution in [0.1, 0.15) is 40.5 Å². The molecule has 0 aromatic heterocycles. The molecule has 21 heavy (non-hydrogen) atoms. The van der Waals surface area contributed by atoms with Crippen LogP contribution in [0.4, 0.5) is 0 Å². The molecule has 112 valence electrons. The highest BCUT2D eigenvalue weighted by molar-refractivity contribution is 5.98. The van der Waals surface area contributed by atoms with Gasteiger partial charge in [0.25, 0.3) is 11.8 Å². The van der Waals surface area contributed by atoms with E-state index in [1.165, 1.54) is 6.92 Å². The standard InChI is InChI=1S/C15H18N2O4/c1-9(15(20)21)8-16-13(18)10-2-4-11(5-3-10)14(19)17-12-6-7-12/h2-5,9,12H,6-8H2,1H3,(H,16,18)(H,17,19)(H,20,21). The molecule has 2 rings (SSSR count). The third-order valence-corrected chi connectivity index (χ3v) is 3.31. The minimum atomic E-state index is -0.956. The molecule has 1 unspecified atom stereocenters. The molecule has 2 amide bonds. The first-order valence-electron chi connectivity index (χ1n) is 6.89. The van der Waals surface area contributed by atoms with Crippen molar-refractivity contribution in [3.63, 3.8) is 0 Å². The second-order valence-electron chi connectivity index (χ2n) is 5.27. The van der Waals surface area contributed by atoms with Crippen molar-refractivity contribution in [2.24, 2.45) is 5.92 Å². The molecule has 1 saturated carbocycles. The summed E-state index contributed by atoms with van der Waals surface area (Å²) in [6, 6.07) is 6.59. The number of rotatable bonds is 6. The molecule has 6 nitrogen and oxygen atoms in total. The molecule has 0 aliphatic heterocycles. The Kier molecular flexibility index (Phi) is 4.57. The molecule has 1 aliphatic carbocycles. The number of carbonyl (C=O) groups excluding carboxylic acids is 2. The summed E-state index contributed by atoms with van der Waals surface area (Å²) in [5.74, 6) is -2.08. The van der Waals surface area contributed by atoms with E-state index >= 15 is 0 Å². The molecule has 1 aromatic carbocycles. The van der Waals surface area contributed by atoms with E-state index in [-0.39, 0.29) is 24.4 Å². The zero-order valence-corrected chi connectivity index (χ0v) is 11.8. The first-order chi connectivity index (χ1) is 9.97. The lowest BCUT2D eigenvalue weighted by Crippen LogP contribution is -2.31. The lowest BCUT2D eigenvalue weighted by atomic mass is 10.1. The average Bonchev–Trinajstić information content (AvgIpc) is 3.28. The van der Waals surface area contributed by atoms with Crippen molar-refractivity contribution < 1.29 is 19.5 Å². The zero-order chi connectivity index (χ0) is 15.4.